The summed E-state index contributed by atoms with van der Waals surface area (Å²) in [7, 11) is 0. The van der Waals surface area contributed by atoms with Gasteiger partial charge in [-0.2, -0.15) is 0 Å². The molecule has 1 aromatic carbocycles. The van der Waals surface area contributed by atoms with E-state index in [4.69, 9.17) is 5.73 Å². The Morgan fingerprint density at radius 1 is 1.38 bits per heavy atom. The Balaban J connectivity index is 2.70. The molecule has 3 N–H and O–H groups in total. The number of allylic oxidation sites excluding steroid dienone is 3. The maximum Gasteiger partial charge on any atom is 0.101 e. The van der Waals surface area contributed by atoms with Crippen molar-refractivity contribution in [3.63, 3.8) is 0 Å². The molecule has 0 aliphatic rings. The molecule has 0 bridgehead atoms. The van der Waals surface area contributed by atoms with Gasteiger partial charge in [-0.3, -0.25) is 0 Å². The van der Waals surface area contributed by atoms with Crippen LogP contribution in [0, 0.1) is 0 Å². The number of nitrogens with two attached hydrogens (primary N) is 1. The summed E-state index contributed by atoms with van der Waals surface area (Å²) in [4.78, 5) is 0. The van der Waals surface area contributed by atoms with Crippen LogP contribution in [-0.2, 0) is 0 Å². The van der Waals surface area contributed by atoms with Crippen molar-refractivity contribution in [1.29, 1.82) is 0 Å². The summed E-state index contributed by atoms with van der Waals surface area (Å²) in [6, 6.07) is 9.88. The Kier molecular flexibility index (Phi) is 5.09. The number of nitrogens with one attached hydrogen (secondary N) is 1. The normalized spacial score (nSPS) is 13.8. The van der Waals surface area contributed by atoms with E-state index in [1.165, 1.54) is 0 Å². The summed E-state index contributed by atoms with van der Waals surface area (Å²) in [6.07, 6.45) is 7.38. The number of hydrogen-bond donors (Lipinski definition) is 2. The molecule has 1 rings (SSSR count). The molecule has 0 aliphatic carbocycles. The first kappa shape index (κ1) is 12.3. The van der Waals surface area contributed by atoms with Crippen molar-refractivity contribution in [3.05, 3.63) is 66.8 Å². The summed E-state index contributed by atoms with van der Waals surface area (Å²) in [5.41, 5.74) is 7.98. The van der Waals surface area contributed by atoms with E-state index in [0.717, 1.165) is 11.3 Å². The van der Waals surface area contributed by atoms with E-state index in [-0.39, 0.29) is 6.17 Å². The van der Waals surface area contributed by atoms with Gasteiger partial charge in [-0.15, -0.1) is 0 Å². The Hall–Kier alpha value is -1.80. The maximum absolute atomic E-state index is 6.02. The second kappa shape index (κ2) is 6.64. The molecule has 0 aliphatic heterocycles. The average Bonchev–Trinajstić information content (AvgIpc) is 2.31. The van der Waals surface area contributed by atoms with Crippen molar-refractivity contribution in [2.45, 2.75) is 13.1 Å². The maximum atomic E-state index is 6.02. The smallest absolute Gasteiger partial charge is 0.101 e. The minimum absolute atomic E-state index is 0.240. The SMILES string of the molecule is C=C/C(=C\C=C/C)C(N)Nc1ccccc1. The van der Waals surface area contributed by atoms with Gasteiger partial charge in [0.05, 0.1) is 0 Å². The van der Waals surface area contributed by atoms with Crippen LogP contribution >= 0.6 is 0 Å². The van der Waals surface area contributed by atoms with Crippen molar-refractivity contribution in [2.75, 3.05) is 5.32 Å². The summed E-state index contributed by atoms with van der Waals surface area (Å²) < 4.78 is 0. The zero-order valence-corrected chi connectivity index (χ0v) is 9.56. The van der Waals surface area contributed by atoms with E-state index < -0.39 is 0 Å². The highest BCUT2D eigenvalue weighted by molar-refractivity contribution is 5.46. The van der Waals surface area contributed by atoms with Crippen molar-refractivity contribution in [2.24, 2.45) is 5.73 Å². The van der Waals surface area contributed by atoms with Gasteiger partial charge in [0.1, 0.15) is 6.17 Å². The minimum Gasteiger partial charge on any atom is -0.366 e. The van der Waals surface area contributed by atoms with Crippen molar-refractivity contribution in [1.82, 2.24) is 0 Å². The molecular weight excluding hydrogens is 196 g/mol. The first-order valence-corrected chi connectivity index (χ1v) is 5.30. The van der Waals surface area contributed by atoms with Gasteiger partial charge in [-0.25, -0.2) is 0 Å². The van der Waals surface area contributed by atoms with E-state index in [9.17, 15) is 0 Å². The lowest BCUT2D eigenvalue weighted by molar-refractivity contribution is 0.902. The van der Waals surface area contributed by atoms with E-state index in [1.54, 1.807) is 6.08 Å². The second-order valence-electron chi connectivity index (χ2n) is 3.38. The zero-order valence-electron chi connectivity index (χ0n) is 9.56. The fourth-order valence-electron chi connectivity index (χ4n) is 1.30. The molecule has 1 unspecified atom stereocenters. The van der Waals surface area contributed by atoms with Crippen LogP contribution in [0.1, 0.15) is 6.92 Å². The van der Waals surface area contributed by atoms with Crippen LogP contribution in [0.4, 0.5) is 5.69 Å². The van der Waals surface area contributed by atoms with Gasteiger partial charge < -0.3 is 11.1 Å². The van der Waals surface area contributed by atoms with Crippen LogP contribution in [-0.4, -0.2) is 6.17 Å². The van der Waals surface area contributed by atoms with Crippen LogP contribution in [0.25, 0.3) is 0 Å². The molecular formula is C14H18N2. The topological polar surface area (TPSA) is 38.0 Å². The second-order valence-corrected chi connectivity index (χ2v) is 3.38. The first-order chi connectivity index (χ1) is 7.77. The number of benzene rings is 1. The quantitative estimate of drug-likeness (QED) is 0.584. The zero-order chi connectivity index (χ0) is 11.8. The summed E-state index contributed by atoms with van der Waals surface area (Å²) in [5.74, 6) is 0. The highest BCUT2D eigenvalue weighted by Gasteiger charge is 2.04. The van der Waals surface area contributed by atoms with Crippen LogP contribution in [0.5, 0.6) is 0 Å². The van der Waals surface area contributed by atoms with Crippen molar-refractivity contribution in [3.8, 4) is 0 Å². The highest BCUT2D eigenvalue weighted by atomic mass is 15.0. The van der Waals surface area contributed by atoms with Gasteiger partial charge in [-0.05, 0) is 24.6 Å². The molecule has 2 heteroatoms. The fraction of sp³-hybridized carbons (Fsp3) is 0.143. The van der Waals surface area contributed by atoms with E-state index in [1.807, 2.05) is 55.5 Å². The summed E-state index contributed by atoms with van der Waals surface area (Å²) in [5, 5.41) is 3.21. The molecule has 16 heavy (non-hydrogen) atoms. The third-order valence-electron chi connectivity index (χ3n) is 2.17. The average molecular weight is 214 g/mol. The van der Waals surface area contributed by atoms with Crippen LogP contribution in [0.2, 0.25) is 0 Å². The van der Waals surface area contributed by atoms with Gasteiger partial charge in [0.15, 0.2) is 0 Å². The largest absolute Gasteiger partial charge is 0.366 e. The lowest BCUT2D eigenvalue weighted by atomic mass is 10.1. The summed E-state index contributed by atoms with van der Waals surface area (Å²) in [6.45, 7) is 5.72. The highest BCUT2D eigenvalue weighted by Crippen LogP contribution is 2.09. The molecule has 2 nitrogen and oxygen atoms in total. The predicted octanol–water partition coefficient (Wildman–Crippen LogP) is 3.07. The molecule has 84 valence electrons. The molecule has 0 fully saturated rings. The molecule has 0 amide bonds. The number of rotatable bonds is 5. The third kappa shape index (κ3) is 3.75. The van der Waals surface area contributed by atoms with Crippen LogP contribution < -0.4 is 11.1 Å². The Labute approximate surface area is 97.2 Å². The molecule has 0 heterocycles. The fourth-order valence-corrected chi connectivity index (χ4v) is 1.30. The predicted molar refractivity (Wildman–Crippen MR) is 71.1 cm³/mol. The Bertz CT molecular complexity index is 377. The molecule has 0 spiro atoms. The van der Waals surface area contributed by atoms with Gasteiger partial charge in [0.25, 0.3) is 0 Å². The minimum atomic E-state index is -0.240. The monoisotopic (exact) mass is 214 g/mol. The van der Waals surface area contributed by atoms with Crippen LogP contribution in [0.15, 0.2) is 66.8 Å². The number of para-hydroxylation sites is 1. The Morgan fingerprint density at radius 3 is 2.62 bits per heavy atom. The lowest BCUT2D eigenvalue weighted by Gasteiger charge is -2.16. The molecule has 0 radical (unpaired) electrons. The molecule has 0 saturated heterocycles. The van der Waals surface area contributed by atoms with E-state index in [0.29, 0.717) is 0 Å². The third-order valence-corrected chi connectivity index (χ3v) is 2.17. The van der Waals surface area contributed by atoms with E-state index in [2.05, 4.69) is 11.9 Å². The molecule has 1 aromatic rings. The van der Waals surface area contributed by atoms with Crippen molar-refractivity contribution < 1.29 is 0 Å². The standard InChI is InChI=1S/C14H18N2/c1-3-5-9-12(4-2)14(15)16-13-10-7-6-8-11-13/h3-11,14,16H,2,15H2,1H3/b5-3-,12-9+. The van der Waals surface area contributed by atoms with E-state index >= 15 is 0 Å². The molecule has 1 atom stereocenters. The van der Waals surface area contributed by atoms with Crippen molar-refractivity contribution >= 4 is 5.69 Å². The lowest BCUT2D eigenvalue weighted by Crippen LogP contribution is -2.30. The summed E-state index contributed by atoms with van der Waals surface area (Å²) >= 11 is 0. The van der Waals surface area contributed by atoms with Gasteiger partial charge in [-0.1, -0.05) is 49.1 Å². The molecule has 0 saturated carbocycles. The molecule has 0 aromatic heterocycles. The Morgan fingerprint density at radius 2 is 2.06 bits per heavy atom. The van der Waals surface area contributed by atoms with Gasteiger partial charge in [0, 0.05) is 5.69 Å². The van der Waals surface area contributed by atoms with Gasteiger partial charge in [0.2, 0.25) is 0 Å². The number of hydrogen-bond acceptors (Lipinski definition) is 2. The number of anilines is 1. The first-order valence-electron chi connectivity index (χ1n) is 5.30. The van der Waals surface area contributed by atoms with Crippen LogP contribution in [0.3, 0.4) is 0 Å². The van der Waals surface area contributed by atoms with Gasteiger partial charge >= 0.3 is 0 Å².